The average molecular weight is 279 g/mol. The van der Waals surface area contributed by atoms with Crippen molar-refractivity contribution in [2.75, 3.05) is 0 Å². The van der Waals surface area contributed by atoms with E-state index < -0.39 is 6.10 Å². The Hall–Kier alpha value is -0.960. The van der Waals surface area contributed by atoms with Crippen LogP contribution in [-0.4, -0.2) is 10.4 Å². The van der Waals surface area contributed by atoms with Crippen LogP contribution in [0.1, 0.15) is 18.6 Å². The average Bonchev–Trinajstić information content (AvgIpc) is 2.41. The SMILES string of the molecule is CC(Sc1ccc(Cl)cc1)C(O)c1ccccc1. The molecule has 0 saturated heterocycles. The van der Waals surface area contributed by atoms with E-state index in [2.05, 4.69) is 0 Å². The Morgan fingerprint density at radius 2 is 1.61 bits per heavy atom. The molecule has 0 fully saturated rings. The van der Waals surface area contributed by atoms with Gasteiger partial charge in [0.25, 0.3) is 0 Å². The van der Waals surface area contributed by atoms with Gasteiger partial charge in [0.2, 0.25) is 0 Å². The second kappa shape index (κ2) is 6.28. The molecule has 2 rings (SSSR count). The van der Waals surface area contributed by atoms with Crippen LogP contribution in [0.4, 0.5) is 0 Å². The summed E-state index contributed by atoms with van der Waals surface area (Å²) in [6, 6.07) is 17.4. The molecular weight excluding hydrogens is 264 g/mol. The first-order chi connectivity index (χ1) is 8.66. The first-order valence-corrected chi connectivity index (χ1v) is 7.08. The van der Waals surface area contributed by atoms with Crippen LogP contribution in [0.5, 0.6) is 0 Å². The lowest BCUT2D eigenvalue weighted by molar-refractivity contribution is 0.179. The molecule has 1 nitrogen and oxygen atoms in total. The molecule has 2 unspecified atom stereocenters. The van der Waals surface area contributed by atoms with Crippen molar-refractivity contribution in [3.8, 4) is 0 Å². The summed E-state index contributed by atoms with van der Waals surface area (Å²) in [5, 5.41) is 11.1. The number of rotatable bonds is 4. The molecule has 0 radical (unpaired) electrons. The predicted molar refractivity (Wildman–Crippen MR) is 78.2 cm³/mol. The summed E-state index contributed by atoms with van der Waals surface area (Å²) in [7, 11) is 0. The smallest absolute Gasteiger partial charge is 0.0909 e. The van der Waals surface area contributed by atoms with Gasteiger partial charge < -0.3 is 5.11 Å². The summed E-state index contributed by atoms with van der Waals surface area (Å²) in [6.45, 7) is 2.02. The third-order valence-electron chi connectivity index (χ3n) is 2.72. The number of aliphatic hydroxyl groups is 1. The van der Waals surface area contributed by atoms with E-state index in [1.807, 2.05) is 61.5 Å². The zero-order chi connectivity index (χ0) is 13.0. The Balaban J connectivity index is 2.03. The molecule has 0 aliphatic rings. The van der Waals surface area contributed by atoms with Crippen LogP contribution >= 0.6 is 23.4 Å². The van der Waals surface area contributed by atoms with E-state index in [4.69, 9.17) is 11.6 Å². The molecule has 0 amide bonds. The largest absolute Gasteiger partial charge is 0.387 e. The Morgan fingerprint density at radius 1 is 1.00 bits per heavy atom. The van der Waals surface area contributed by atoms with Crippen LogP contribution in [0.3, 0.4) is 0 Å². The normalized spacial score (nSPS) is 14.2. The lowest BCUT2D eigenvalue weighted by atomic mass is 10.1. The lowest BCUT2D eigenvalue weighted by Crippen LogP contribution is -2.10. The maximum atomic E-state index is 10.3. The summed E-state index contributed by atoms with van der Waals surface area (Å²) in [6.07, 6.45) is -0.466. The van der Waals surface area contributed by atoms with Gasteiger partial charge >= 0.3 is 0 Å². The quantitative estimate of drug-likeness (QED) is 0.828. The van der Waals surface area contributed by atoms with Gasteiger partial charge in [-0.15, -0.1) is 11.8 Å². The molecule has 18 heavy (non-hydrogen) atoms. The van der Waals surface area contributed by atoms with Gasteiger partial charge in [-0.2, -0.15) is 0 Å². The number of halogens is 1. The summed E-state index contributed by atoms with van der Waals surface area (Å²) in [5.41, 5.74) is 0.950. The van der Waals surface area contributed by atoms with Crippen LogP contribution in [0.25, 0.3) is 0 Å². The molecule has 0 heterocycles. The number of thioether (sulfide) groups is 1. The Bertz CT molecular complexity index is 484. The minimum absolute atomic E-state index is 0.0913. The predicted octanol–water partition coefficient (Wildman–Crippen LogP) is 4.55. The fraction of sp³-hybridized carbons (Fsp3) is 0.200. The summed E-state index contributed by atoms with van der Waals surface area (Å²) < 4.78 is 0. The van der Waals surface area contributed by atoms with Gasteiger partial charge in [-0.25, -0.2) is 0 Å². The molecule has 94 valence electrons. The molecule has 0 aliphatic heterocycles. The maximum absolute atomic E-state index is 10.3. The van der Waals surface area contributed by atoms with Crippen molar-refractivity contribution in [1.29, 1.82) is 0 Å². The molecule has 0 saturated carbocycles. The molecule has 0 spiro atoms. The zero-order valence-electron chi connectivity index (χ0n) is 10.1. The highest BCUT2D eigenvalue weighted by Crippen LogP contribution is 2.32. The van der Waals surface area contributed by atoms with E-state index in [0.29, 0.717) is 0 Å². The number of hydrogen-bond donors (Lipinski definition) is 1. The van der Waals surface area contributed by atoms with E-state index in [1.165, 1.54) is 0 Å². The van der Waals surface area contributed by atoms with Gasteiger partial charge in [-0.3, -0.25) is 0 Å². The van der Waals surface area contributed by atoms with E-state index in [1.54, 1.807) is 11.8 Å². The van der Waals surface area contributed by atoms with Crippen molar-refractivity contribution in [3.63, 3.8) is 0 Å². The van der Waals surface area contributed by atoms with Gasteiger partial charge in [0.1, 0.15) is 0 Å². The van der Waals surface area contributed by atoms with E-state index in [0.717, 1.165) is 15.5 Å². The number of hydrogen-bond acceptors (Lipinski definition) is 2. The van der Waals surface area contributed by atoms with Crippen molar-refractivity contribution >= 4 is 23.4 Å². The van der Waals surface area contributed by atoms with Crippen LogP contribution in [0.15, 0.2) is 59.5 Å². The van der Waals surface area contributed by atoms with Gasteiger partial charge in [-0.05, 0) is 29.8 Å². The molecule has 2 aromatic rings. The molecule has 0 bridgehead atoms. The molecule has 2 atom stereocenters. The van der Waals surface area contributed by atoms with Gasteiger partial charge in [-0.1, -0.05) is 48.9 Å². The Morgan fingerprint density at radius 3 is 2.22 bits per heavy atom. The fourth-order valence-corrected chi connectivity index (χ4v) is 2.85. The molecule has 1 N–H and O–H groups in total. The molecule has 2 aromatic carbocycles. The highest BCUT2D eigenvalue weighted by Gasteiger charge is 2.17. The van der Waals surface area contributed by atoms with E-state index >= 15 is 0 Å². The third-order valence-corrected chi connectivity index (χ3v) is 4.15. The minimum atomic E-state index is -0.466. The number of aliphatic hydroxyl groups excluding tert-OH is 1. The maximum Gasteiger partial charge on any atom is 0.0909 e. The minimum Gasteiger partial charge on any atom is -0.387 e. The summed E-state index contributed by atoms with van der Waals surface area (Å²) in [5.74, 6) is 0. The molecule has 3 heteroatoms. The van der Waals surface area contributed by atoms with E-state index in [9.17, 15) is 5.11 Å². The van der Waals surface area contributed by atoms with Gasteiger partial charge in [0.05, 0.1) is 6.10 Å². The van der Waals surface area contributed by atoms with Crippen molar-refractivity contribution in [2.24, 2.45) is 0 Å². The first-order valence-electron chi connectivity index (χ1n) is 5.82. The van der Waals surface area contributed by atoms with Crippen molar-refractivity contribution in [2.45, 2.75) is 23.2 Å². The van der Waals surface area contributed by atoms with Crippen LogP contribution < -0.4 is 0 Å². The van der Waals surface area contributed by atoms with Gasteiger partial charge in [0.15, 0.2) is 0 Å². The zero-order valence-corrected chi connectivity index (χ0v) is 11.7. The molecular formula is C15H15ClOS. The van der Waals surface area contributed by atoms with Crippen molar-refractivity contribution in [1.82, 2.24) is 0 Å². The van der Waals surface area contributed by atoms with Crippen LogP contribution in [-0.2, 0) is 0 Å². The van der Waals surface area contributed by atoms with Crippen LogP contribution in [0, 0.1) is 0 Å². The van der Waals surface area contributed by atoms with E-state index in [-0.39, 0.29) is 5.25 Å². The summed E-state index contributed by atoms with van der Waals surface area (Å²) in [4.78, 5) is 1.11. The van der Waals surface area contributed by atoms with Gasteiger partial charge in [0, 0.05) is 15.2 Å². The number of benzene rings is 2. The second-order valence-corrected chi connectivity index (χ2v) is 6.02. The highest BCUT2D eigenvalue weighted by atomic mass is 35.5. The third kappa shape index (κ3) is 3.52. The second-order valence-electron chi connectivity index (χ2n) is 4.13. The van der Waals surface area contributed by atoms with Crippen LogP contribution in [0.2, 0.25) is 5.02 Å². The highest BCUT2D eigenvalue weighted by molar-refractivity contribution is 8.00. The molecule has 0 aromatic heterocycles. The van der Waals surface area contributed by atoms with Crippen molar-refractivity contribution < 1.29 is 5.11 Å². The Kier molecular flexibility index (Phi) is 4.70. The Labute approximate surface area is 117 Å². The molecule has 0 aliphatic carbocycles. The van der Waals surface area contributed by atoms with Crippen molar-refractivity contribution in [3.05, 3.63) is 65.2 Å². The summed E-state index contributed by atoms with van der Waals surface area (Å²) >= 11 is 7.49. The fourth-order valence-electron chi connectivity index (χ4n) is 1.71. The lowest BCUT2D eigenvalue weighted by Gasteiger charge is -2.18. The first kappa shape index (κ1) is 13.5. The standard InChI is InChI=1S/C15H15ClOS/c1-11(15(17)12-5-3-2-4-6-12)18-14-9-7-13(16)8-10-14/h2-11,15,17H,1H3. The topological polar surface area (TPSA) is 20.2 Å². The monoisotopic (exact) mass is 278 g/mol.